The molecule has 2 heterocycles. The summed E-state index contributed by atoms with van der Waals surface area (Å²) < 4.78 is 23.8. The third-order valence-electron chi connectivity index (χ3n) is 5.06. The Morgan fingerprint density at radius 1 is 1.28 bits per heavy atom. The summed E-state index contributed by atoms with van der Waals surface area (Å²) in [5.74, 6) is -0.849. The third-order valence-corrected chi connectivity index (χ3v) is 5.65. The SMILES string of the molecule is COc1cc(C2c3ccc4c(oc(=O)n4C)c3OC(=N)C2C#N)cc(Br)c1OC. The molecule has 0 fully saturated rings. The van der Waals surface area contributed by atoms with Crippen LogP contribution in [0.5, 0.6) is 17.2 Å². The van der Waals surface area contributed by atoms with Crippen LogP contribution in [0.3, 0.4) is 0 Å². The minimum absolute atomic E-state index is 0.213. The fourth-order valence-corrected chi connectivity index (χ4v) is 4.28. The minimum atomic E-state index is -0.861. The Morgan fingerprint density at radius 2 is 2.03 bits per heavy atom. The number of ether oxygens (including phenoxy) is 3. The van der Waals surface area contributed by atoms with Gasteiger partial charge in [-0.2, -0.15) is 5.26 Å². The Morgan fingerprint density at radius 3 is 2.69 bits per heavy atom. The van der Waals surface area contributed by atoms with Gasteiger partial charge in [-0.3, -0.25) is 9.98 Å². The molecule has 2 unspecified atom stereocenters. The zero-order valence-corrected chi connectivity index (χ0v) is 17.4. The predicted molar refractivity (Wildman–Crippen MR) is 108 cm³/mol. The van der Waals surface area contributed by atoms with Gasteiger partial charge >= 0.3 is 5.76 Å². The fraction of sp³-hybridized carbons (Fsp3) is 0.250. The summed E-state index contributed by atoms with van der Waals surface area (Å²) >= 11 is 3.48. The van der Waals surface area contributed by atoms with Gasteiger partial charge in [0.2, 0.25) is 5.90 Å². The van der Waals surface area contributed by atoms with Crippen molar-refractivity contribution in [1.82, 2.24) is 4.57 Å². The molecule has 0 saturated carbocycles. The summed E-state index contributed by atoms with van der Waals surface area (Å²) in [5, 5.41) is 18.0. The van der Waals surface area contributed by atoms with Crippen LogP contribution in [0.2, 0.25) is 0 Å². The molecule has 8 nitrogen and oxygen atoms in total. The zero-order chi connectivity index (χ0) is 20.9. The molecular weight excluding hydrogens is 442 g/mol. The molecule has 1 aliphatic heterocycles. The van der Waals surface area contributed by atoms with Gasteiger partial charge in [0.15, 0.2) is 22.8 Å². The van der Waals surface area contributed by atoms with Crippen LogP contribution in [0, 0.1) is 22.7 Å². The van der Waals surface area contributed by atoms with E-state index in [9.17, 15) is 10.1 Å². The number of hydrogen-bond donors (Lipinski definition) is 1. The van der Waals surface area contributed by atoms with Gasteiger partial charge in [0.05, 0.1) is 30.3 Å². The van der Waals surface area contributed by atoms with Crippen molar-refractivity contribution < 1.29 is 18.6 Å². The Labute approximate surface area is 173 Å². The largest absolute Gasteiger partial charge is 0.493 e. The third kappa shape index (κ3) is 2.79. The van der Waals surface area contributed by atoms with Crippen molar-refractivity contribution in [2.24, 2.45) is 13.0 Å². The first kappa shape index (κ1) is 19.1. The average Bonchev–Trinajstić information content (AvgIpc) is 3.00. The number of fused-ring (bicyclic) bond motifs is 3. The van der Waals surface area contributed by atoms with E-state index in [-0.39, 0.29) is 17.2 Å². The van der Waals surface area contributed by atoms with E-state index in [0.717, 1.165) is 5.56 Å². The van der Waals surface area contributed by atoms with Crippen LogP contribution >= 0.6 is 15.9 Å². The lowest BCUT2D eigenvalue weighted by atomic mass is 9.79. The van der Waals surface area contributed by atoms with Gasteiger partial charge in [0.25, 0.3) is 0 Å². The zero-order valence-electron chi connectivity index (χ0n) is 15.8. The number of nitriles is 1. The molecule has 1 N–H and O–H groups in total. The maximum Gasteiger partial charge on any atom is 0.419 e. The van der Waals surface area contributed by atoms with Crippen LogP contribution < -0.4 is 20.0 Å². The van der Waals surface area contributed by atoms with Gasteiger partial charge in [0, 0.05) is 18.5 Å². The van der Waals surface area contributed by atoms with Gasteiger partial charge < -0.3 is 18.6 Å². The summed E-state index contributed by atoms with van der Waals surface area (Å²) in [4.78, 5) is 12.0. The van der Waals surface area contributed by atoms with Crippen molar-refractivity contribution in [2.45, 2.75) is 5.92 Å². The monoisotopic (exact) mass is 457 g/mol. The summed E-state index contributed by atoms with van der Waals surface area (Å²) in [6, 6.07) is 9.29. The highest BCUT2D eigenvalue weighted by Crippen LogP contribution is 2.48. The Hall–Kier alpha value is -3.25. The minimum Gasteiger partial charge on any atom is -0.493 e. The molecule has 0 radical (unpaired) electrons. The van der Waals surface area contributed by atoms with E-state index in [2.05, 4.69) is 22.0 Å². The van der Waals surface area contributed by atoms with Crippen molar-refractivity contribution in [3.63, 3.8) is 0 Å². The number of rotatable bonds is 3. The van der Waals surface area contributed by atoms with Crippen LogP contribution in [0.15, 0.2) is 37.9 Å². The number of nitrogens with zero attached hydrogens (tertiary/aromatic N) is 2. The fourth-order valence-electron chi connectivity index (χ4n) is 3.66. The van der Waals surface area contributed by atoms with Crippen LogP contribution in [-0.2, 0) is 7.05 Å². The van der Waals surface area contributed by atoms with Crippen molar-refractivity contribution in [3.8, 4) is 23.3 Å². The lowest BCUT2D eigenvalue weighted by molar-refractivity contribution is 0.352. The molecule has 148 valence electrons. The summed E-state index contributed by atoms with van der Waals surface area (Å²) in [7, 11) is 4.65. The second kappa shape index (κ2) is 6.97. The number of methoxy groups -OCH3 is 2. The topological polar surface area (TPSA) is 110 Å². The van der Waals surface area contributed by atoms with Gasteiger partial charge in [-0.25, -0.2) is 4.79 Å². The van der Waals surface area contributed by atoms with Crippen LogP contribution in [0.25, 0.3) is 11.1 Å². The molecule has 29 heavy (non-hydrogen) atoms. The number of aryl methyl sites for hydroxylation is 1. The first-order chi connectivity index (χ1) is 13.9. The second-order valence-corrected chi connectivity index (χ2v) is 7.40. The van der Waals surface area contributed by atoms with Crippen LogP contribution in [0.4, 0.5) is 0 Å². The molecule has 0 bridgehead atoms. The van der Waals surface area contributed by atoms with Crippen LogP contribution in [0.1, 0.15) is 17.0 Å². The number of aromatic nitrogens is 1. The molecule has 0 spiro atoms. The average molecular weight is 458 g/mol. The highest BCUT2D eigenvalue weighted by atomic mass is 79.9. The maximum atomic E-state index is 12.0. The van der Waals surface area contributed by atoms with Crippen molar-refractivity contribution in [2.75, 3.05) is 14.2 Å². The highest BCUT2D eigenvalue weighted by Gasteiger charge is 2.39. The summed E-state index contributed by atoms with van der Waals surface area (Å²) in [5.41, 5.74) is 2.17. The maximum absolute atomic E-state index is 12.0. The van der Waals surface area contributed by atoms with E-state index >= 15 is 0 Å². The quantitative estimate of drug-likeness (QED) is 0.643. The molecular formula is C20H16BrN3O5. The molecule has 0 amide bonds. The highest BCUT2D eigenvalue weighted by molar-refractivity contribution is 9.10. The van der Waals surface area contributed by atoms with Gasteiger partial charge in [0.1, 0.15) is 5.92 Å². The smallest absolute Gasteiger partial charge is 0.419 e. The lowest BCUT2D eigenvalue weighted by Crippen LogP contribution is -2.31. The number of halogens is 1. The lowest BCUT2D eigenvalue weighted by Gasteiger charge is -2.30. The van der Waals surface area contributed by atoms with Crippen molar-refractivity contribution in [3.05, 3.63) is 50.4 Å². The first-order valence-electron chi connectivity index (χ1n) is 8.61. The molecule has 3 aromatic rings. The van der Waals surface area contributed by atoms with Gasteiger partial charge in [-0.05, 0) is 39.7 Å². The standard InChI is InChI=1S/C20H16BrN3O5/c1-24-13-5-4-10-15(9-6-12(21)17(27-3)14(7-9)26-2)11(8-22)19(23)28-16(10)18(13)29-20(24)25/h4-7,11,15,23H,1-3H3. The summed E-state index contributed by atoms with van der Waals surface area (Å²) in [6.45, 7) is 0. The van der Waals surface area contributed by atoms with E-state index in [1.54, 1.807) is 25.2 Å². The molecule has 9 heteroatoms. The molecule has 2 aromatic carbocycles. The first-order valence-corrected chi connectivity index (χ1v) is 9.40. The van der Waals surface area contributed by atoms with E-state index in [0.29, 0.717) is 27.1 Å². The molecule has 2 atom stereocenters. The van der Waals surface area contributed by atoms with E-state index < -0.39 is 17.6 Å². The number of hydrogen-bond acceptors (Lipinski definition) is 7. The van der Waals surface area contributed by atoms with Gasteiger partial charge in [-0.15, -0.1) is 0 Å². The van der Waals surface area contributed by atoms with Gasteiger partial charge in [-0.1, -0.05) is 6.07 Å². The predicted octanol–water partition coefficient (Wildman–Crippen LogP) is 3.55. The van der Waals surface area contributed by atoms with E-state index in [1.807, 2.05) is 6.07 Å². The van der Waals surface area contributed by atoms with Crippen molar-refractivity contribution in [1.29, 1.82) is 10.7 Å². The number of nitrogens with one attached hydrogen (secondary N) is 1. The van der Waals surface area contributed by atoms with Crippen molar-refractivity contribution >= 4 is 32.9 Å². The molecule has 0 saturated heterocycles. The number of oxazole rings is 1. The van der Waals surface area contributed by atoms with E-state index in [1.165, 1.54) is 18.8 Å². The summed E-state index contributed by atoms with van der Waals surface area (Å²) in [6.07, 6.45) is 0. The molecule has 0 aliphatic carbocycles. The second-order valence-electron chi connectivity index (χ2n) is 6.55. The molecule has 1 aliphatic rings. The Kier molecular flexibility index (Phi) is 4.59. The molecule has 4 rings (SSSR count). The number of benzene rings is 2. The Bertz CT molecular complexity index is 1250. The molecule has 1 aromatic heterocycles. The Balaban J connectivity index is 2.01. The van der Waals surface area contributed by atoms with Crippen LogP contribution in [-0.4, -0.2) is 24.7 Å². The normalized spacial score (nSPS) is 18.1. The van der Waals surface area contributed by atoms with E-state index in [4.69, 9.17) is 24.0 Å².